The van der Waals surface area contributed by atoms with Crippen LogP contribution in [0, 0.1) is 0 Å². The molecule has 72 valence electrons. The molecular formula is C7H10ClN3OS. The molecule has 0 atom stereocenters. The minimum absolute atomic E-state index is 0.0649. The Morgan fingerprint density at radius 2 is 2.46 bits per heavy atom. The molecular weight excluding hydrogens is 210 g/mol. The Balaban J connectivity index is 2.81. The van der Waals surface area contributed by atoms with Gasteiger partial charge in [-0.3, -0.25) is 0 Å². The molecule has 0 aliphatic carbocycles. The predicted molar refractivity (Wildman–Crippen MR) is 54.4 cm³/mol. The van der Waals surface area contributed by atoms with Gasteiger partial charge in [-0.1, -0.05) is 0 Å². The number of nitrogens with zero attached hydrogens (tertiary/aromatic N) is 2. The molecule has 0 unspecified atom stereocenters. The van der Waals surface area contributed by atoms with E-state index in [0.29, 0.717) is 12.4 Å². The average Bonchev–Trinajstić information content (AvgIpc) is 2.15. The Morgan fingerprint density at radius 1 is 1.69 bits per heavy atom. The van der Waals surface area contributed by atoms with Crippen LogP contribution in [0.5, 0.6) is 0 Å². The second-order valence-electron chi connectivity index (χ2n) is 2.21. The molecule has 1 aromatic rings. The van der Waals surface area contributed by atoms with Crippen molar-refractivity contribution in [2.45, 2.75) is 4.90 Å². The number of aliphatic hydroxyl groups is 1. The van der Waals surface area contributed by atoms with E-state index in [1.807, 2.05) is 6.26 Å². The zero-order valence-corrected chi connectivity index (χ0v) is 8.69. The number of anilines is 1. The van der Waals surface area contributed by atoms with Gasteiger partial charge < -0.3 is 10.4 Å². The summed E-state index contributed by atoms with van der Waals surface area (Å²) in [4.78, 5) is 8.76. The lowest BCUT2D eigenvalue weighted by molar-refractivity contribution is 0.311. The maximum absolute atomic E-state index is 8.61. The first-order chi connectivity index (χ1) is 6.27. The smallest absolute Gasteiger partial charge is 0.224 e. The number of hydrogen-bond donors (Lipinski definition) is 2. The van der Waals surface area contributed by atoms with E-state index in [4.69, 9.17) is 16.7 Å². The summed E-state index contributed by atoms with van der Waals surface area (Å²) in [6.45, 7) is 0.524. The minimum atomic E-state index is 0.0649. The standard InChI is InChI=1S/C7H10ClN3OS/c1-13-5-4-10-7(8)11-6(5)9-2-3-12/h4,12H,2-3H2,1H3,(H,9,10,11). The summed E-state index contributed by atoms with van der Waals surface area (Å²) in [6, 6.07) is 0. The molecule has 2 N–H and O–H groups in total. The highest BCUT2D eigenvalue weighted by molar-refractivity contribution is 7.98. The van der Waals surface area contributed by atoms with Gasteiger partial charge in [-0.2, -0.15) is 4.98 Å². The summed E-state index contributed by atoms with van der Waals surface area (Å²) < 4.78 is 0. The van der Waals surface area contributed by atoms with Crippen molar-refractivity contribution in [3.63, 3.8) is 0 Å². The minimum Gasteiger partial charge on any atom is -0.395 e. The number of aliphatic hydroxyl groups excluding tert-OH is 1. The van der Waals surface area contributed by atoms with E-state index < -0.39 is 0 Å². The lowest BCUT2D eigenvalue weighted by atomic mass is 10.5. The summed E-state index contributed by atoms with van der Waals surface area (Å²) in [5.41, 5.74) is 0. The van der Waals surface area contributed by atoms with Crippen LogP contribution in [0.3, 0.4) is 0 Å². The van der Waals surface area contributed by atoms with Gasteiger partial charge in [0.05, 0.1) is 11.5 Å². The molecule has 0 aliphatic rings. The molecule has 0 aromatic carbocycles. The number of aromatic nitrogens is 2. The largest absolute Gasteiger partial charge is 0.395 e. The van der Waals surface area contributed by atoms with E-state index in [0.717, 1.165) is 4.90 Å². The van der Waals surface area contributed by atoms with Crippen LogP contribution in [0.2, 0.25) is 5.28 Å². The third kappa shape index (κ3) is 3.02. The topological polar surface area (TPSA) is 58.0 Å². The monoisotopic (exact) mass is 219 g/mol. The first-order valence-electron chi connectivity index (χ1n) is 3.69. The van der Waals surface area contributed by atoms with Crippen molar-refractivity contribution in [2.75, 3.05) is 24.7 Å². The van der Waals surface area contributed by atoms with E-state index >= 15 is 0 Å². The summed E-state index contributed by atoms with van der Waals surface area (Å²) in [5, 5.41) is 11.8. The van der Waals surface area contributed by atoms with E-state index in [9.17, 15) is 0 Å². The molecule has 0 fully saturated rings. The van der Waals surface area contributed by atoms with Crippen molar-refractivity contribution in [2.24, 2.45) is 0 Å². The average molecular weight is 220 g/mol. The molecule has 0 amide bonds. The number of rotatable bonds is 4. The fraction of sp³-hybridized carbons (Fsp3) is 0.429. The van der Waals surface area contributed by atoms with E-state index in [1.165, 1.54) is 11.8 Å². The highest BCUT2D eigenvalue weighted by atomic mass is 35.5. The number of thioether (sulfide) groups is 1. The van der Waals surface area contributed by atoms with Gasteiger partial charge in [0, 0.05) is 12.7 Å². The second-order valence-corrected chi connectivity index (χ2v) is 3.39. The molecule has 1 heterocycles. The van der Waals surface area contributed by atoms with Gasteiger partial charge in [-0.25, -0.2) is 4.98 Å². The molecule has 4 nitrogen and oxygen atoms in total. The highest BCUT2D eigenvalue weighted by Crippen LogP contribution is 2.22. The predicted octanol–water partition coefficient (Wildman–Crippen LogP) is 1.26. The van der Waals surface area contributed by atoms with Crippen LogP contribution < -0.4 is 5.32 Å². The highest BCUT2D eigenvalue weighted by Gasteiger charge is 2.03. The van der Waals surface area contributed by atoms with E-state index in [1.54, 1.807) is 6.20 Å². The van der Waals surface area contributed by atoms with Gasteiger partial charge in [-0.15, -0.1) is 11.8 Å². The van der Waals surface area contributed by atoms with E-state index in [-0.39, 0.29) is 11.9 Å². The fourth-order valence-electron chi connectivity index (χ4n) is 0.800. The third-order valence-corrected chi connectivity index (χ3v) is 2.27. The molecule has 1 aromatic heterocycles. The fourth-order valence-corrected chi connectivity index (χ4v) is 1.40. The van der Waals surface area contributed by atoms with Gasteiger partial charge >= 0.3 is 0 Å². The maximum Gasteiger partial charge on any atom is 0.224 e. The third-order valence-electron chi connectivity index (χ3n) is 1.35. The van der Waals surface area contributed by atoms with Crippen LogP contribution in [-0.4, -0.2) is 34.5 Å². The Bertz CT molecular complexity index is 284. The molecule has 0 aliphatic heterocycles. The Labute approximate surface area is 85.7 Å². The van der Waals surface area contributed by atoms with Crippen molar-refractivity contribution in [3.8, 4) is 0 Å². The molecule has 1 rings (SSSR count). The van der Waals surface area contributed by atoms with Crippen LogP contribution in [0.1, 0.15) is 0 Å². The summed E-state index contributed by atoms with van der Waals surface area (Å²) in [7, 11) is 0. The first kappa shape index (κ1) is 10.6. The normalized spacial score (nSPS) is 10.1. The number of halogens is 1. The number of nitrogens with one attached hydrogen (secondary N) is 1. The first-order valence-corrected chi connectivity index (χ1v) is 5.29. The lowest BCUT2D eigenvalue weighted by Crippen LogP contribution is -2.08. The lowest BCUT2D eigenvalue weighted by Gasteiger charge is -2.07. The quantitative estimate of drug-likeness (QED) is 0.590. The molecule has 0 radical (unpaired) electrons. The van der Waals surface area contributed by atoms with Gasteiger partial charge in [0.2, 0.25) is 5.28 Å². The molecule has 6 heteroatoms. The maximum atomic E-state index is 8.61. The molecule has 13 heavy (non-hydrogen) atoms. The second kappa shape index (κ2) is 5.26. The Kier molecular flexibility index (Phi) is 4.27. The van der Waals surface area contributed by atoms with Crippen LogP contribution in [0.25, 0.3) is 0 Å². The van der Waals surface area contributed by atoms with Gasteiger partial charge in [-0.05, 0) is 17.9 Å². The van der Waals surface area contributed by atoms with Crippen molar-refractivity contribution in [3.05, 3.63) is 11.5 Å². The van der Waals surface area contributed by atoms with E-state index in [2.05, 4.69) is 15.3 Å². The van der Waals surface area contributed by atoms with Crippen molar-refractivity contribution in [1.29, 1.82) is 0 Å². The molecule has 0 bridgehead atoms. The van der Waals surface area contributed by atoms with Crippen molar-refractivity contribution < 1.29 is 5.11 Å². The van der Waals surface area contributed by atoms with Crippen LogP contribution in [0.4, 0.5) is 5.82 Å². The zero-order chi connectivity index (χ0) is 9.68. The van der Waals surface area contributed by atoms with Gasteiger partial charge in [0.1, 0.15) is 5.82 Å². The van der Waals surface area contributed by atoms with Crippen LogP contribution in [-0.2, 0) is 0 Å². The SMILES string of the molecule is CSc1cnc(Cl)nc1NCCO. The van der Waals surface area contributed by atoms with Crippen LogP contribution in [0.15, 0.2) is 11.1 Å². The van der Waals surface area contributed by atoms with Gasteiger partial charge in [0.25, 0.3) is 0 Å². The van der Waals surface area contributed by atoms with Crippen molar-refractivity contribution >= 4 is 29.2 Å². The summed E-state index contributed by atoms with van der Waals surface area (Å²) in [6.07, 6.45) is 3.58. The summed E-state index contributed by atoms with van der Waals surface area (Å²) >= 11 is 7.15. The summed E-state index contributed by atoms with van der Waals surface area (Å²) in [5.74, 6) is 0.668. The molecule has 0 saturated carbocycles. The molecule has 0 spiro atoms. The Morgan fingerprint density at radius 3 is 3.08 bits per heavy atom. The Hall–Kier alpha value is -0.520. The van der Waals surface area contributed by atoms with Crippen LogP contribution >= 0.6 is 23.4 Å². The molecule has 0 saturated heterocycles. The van der Waals surface area contributed by atoms with Gasteiger partial charge in [0.15, 0.2) is 0 Å². The number of hydrogen-bond acceptors (Lipinski definition) is 5. The zero-order valence-electron chi connectivity index (χ0n) is 7.12. The van der Waals surface area contributed by atoms with Crippen molar-refractivity contribution in [1.82, 2.24) is 9.97 Å².